The summed E-state index contributed by atoms with van der Waals surface area (Å²) < 4.78 is 4.72. The van der Waals surface area contributed by atoms with E-state index in [1.165, 1.54) is 0 Å². The van der Waals surface area contributed by atoms with E-state index in [9.17, 15) is 9.59 Å². The van der Waals surface area contributed by atoms with Crippen molar-refractivity contribution in [2.24, 2.45) is 5.41 Å². The molecule has 1 aliphatic heterocycles. The molecule has 3 aromatic rings. The third-order valence-electron chi connectivity index (χ3n) is 6.97. The first kappa shape index (κ1) is 24.6. The van der Waals surface area contributed by atoms with E-state index in [2.05, 4.69) is 35.0 Å². The van der Waals surface area contributed by atoms with Crippen LogP contribution in [0.1, 0.15) is 68.9 Å². The number of halogens is 2. The third-order valence-corrected chi connectivity index (χ3v) is 7.46. The molecule has 34 heavy (non-hydrogen) atoms. The summed E-state index contributed by atoms with van der Waals surface area (Å²) in [4.78, 5) is 30.5. The van der Waals surface area contributed by atoms with Gasteiger partial charge in [-0.1, -0.05) is 73.4 Å². The number of rotatable bonds is 7. The zero-order valence-corrected chi connectivity index (χ0v) is 21.1. The predicted molar refractivity (Wildman–Crippen MR) is 133 cm³/mol. The molecular weight excluding hydrogens is 473 g/mol. The minimum absolute atomic E-state index is 0.0261. The second-order valence-corrected chi connectivity index (χ2v) is 10.2. The summed E-state index contributed by atoms with van der Waals surface area (Å²) in [6, 6.07) is 15.5. The molecular formula is C26H29Cl2N3O3. The van der Waals surface area contributed by atoms with Crippen molar-refractivity contribution in [1.29, 1.82) is 0 Å². The lowest BCUT2D eigenvalue weighted by Gasteiger charge is -2.52. The molecule has 0 saturated carbocycles. The molecule has 1 fully saturated rings. The highest BCUT2D eigenvalue weighted by Gasteiger charge is 2.51. The first-order valence-corrected chi connectivity index (χ1v) is 12.4. The number of H-pyrrole nitrogens is 1. The summed E-state index contributed by atoms with van der Waals surface area (Å²) in [6.45, 7) is 6.17. The Morgan fingerprint density at radius 2 is 1.79 bits per heavy atom. The molecule has 0 aliphatic carbocycles. The van der Waals surface area contributed by atoms with Crippen LogP contribution in [0.2, 0.25) is 10.0 Å². The summed E-state index contributed by atoms with van der Waals surface area (Å²) >= 11 is 12.6. The van der Waals surface area contributed by atoms with Gasteiger partial charge in [0.05, 0.1) is 11.5 Å². The summed E-state index contributed by atoms with van der Waals surface area (Å²) in [5.41, 5.74) is 1.31. The van der Waals surface area contributed by atoms with Gasteiger partial charge in [-0.15, -0.1) is 0 Å². The van der Waals surface area contributed by atoms with Gasteiger partial charge < -0.3 is 4.90 Å². The molecule has 1 aromatic heterocycles. The van der Waals surface area contributed by atoms with E-state index in [0.717, 1.165) is 24.0 Å². The molecule has 8 heteroatoms. The molecule has 0 radical (unpaired) electrons. The first-order chi connectivity index (χ1) is 16.3. The highest BCUT2D eigenvalue weighted by molar-refractivity contribution is 6.30. The number of carbonyl (C=O) groups excluding carboxylic acids is 1. The molecule has 4 rings (SSSR count). The number of benzene rings is 2. The number of carbonyl (C=O) groups is 1. The lowest BCUT2D eigenvalue weighted by Crippen LogP contribution is -2.56. The summed E-state index contributed by atoms with van der Waals surface area (Å²) in [5, 5.41) is 5.15. The van der Waals surface area contributed by atoms with Gasteiger partial charge in [0.2, 0.25) is 5.91 Å². The molecule has 1 saturated heterocycles. The van der Waals surface area contributed by atoms with Crippen molar-refractivity contribution in [3.8, 4) is 0 Å². The minimum atomic E-state index is -0.793. The quantitative estimate of drug-likeness (QED) is 0.420. The van der Waals surface area contributed by atoms with Crippen molar-refractivity contribution in [3.63, 3.8) is 0 Å². The fourth-order valence-electron chi connectivity index (χ4n) is 5.34. The van der Waals surface area contributed by atoms with Crippen molar-refractivity contribution in [2.75, 3.05) is 0 Å². The first-order valence-electron chi connectivity index (χ1n) is 11.6. The van der Waals surface area contributed by atoms with Gasteiger partial charge >= 0.3 is 5.76 Å². The summed E-state index contributed by atoms with van der Waals surface area (Å²) in [6.07, 6.45) is 2.49. The largest absolute Gasteiger partial charge is 0.438 e. The van der Waals surface area contributed by atoms with Crippen molar-refractivity contribution in [1.82, 2.24) is 15.0 Å². The molecule has 3 unspecified atom stereocenters. The van der Waals surface area contributed by atoms with Crippen molar-refractivity contribution < 1.29 is 9.32 Å². The van der Waals surface area contributed by atoms with Gasteiger partial charge in [0.25, 0.3) is 0 Å². The standard InChI is InChI=1S/C26H29Cl2N3O3/c1-4-20(5-2)31-23(16-9-11-18(27)12-10-16)21(17-7-6-8-19(28)13-17)14-26(3,24(31)32)15-22-29-25(33)34-30-22/h6-13,20-21,23H,4-5,14-15H2,1-3H3,(H,29,30,33). The van der Waals surface area contributed by atoms with Crippen LogP contribution in [0.4, 0.5) is 0 Å². The molecule has 0 spiro atoms. The molecule has 1 amide bonds. The van der Waals surface area contributed by atoms with Gasteiger partial charge in [0.15, 0.2) is 5.82 Å². The van der Waals surface area contributed by atoms with Crippen LogP contribution >= 0.6 is 23.2 Å². The van der Waals surface area contributed by atoms with Crippen LogP contribution in [-0.2, 0) is 11.2 Å². The number of hydrogen-bond donors (Lipinski definition) is 1. The highest BCUT2D eigenvalue weighted by Crippen LogP contribution is 2.52. The topological polar surface area (TPSA) is 79.2 Å². The van der Waals surface area contributed by atoms with Crippen molar-refractivity contribution in [3.05, 3.63) is 86.1 Å². The Kier molecular flexibility index (Phi) is 7.20. The van der Waals surface area contributed by atoms with Gasteiger partial charge in [-0.2, -0.15) is 0 Å². The molecule has 3 atom stereocenters. The van der Waals surface area contributed by atoms with E-state index in [4.69, 9.17) is 27.7 Å². The average molecular weight is 502 g/mol. The van der Waals surface area contributed by atoms with E-state index in [-0.39, 0.29) is 30.3 Å². The fourth-order valence-corrected chi connectivity index (χ4v) is 5.66. The predicted octanol–water partition coefficient (Wildman–Crippen LogP) is 6.16. The number of likely N-dealkylation sites (tertiary alicyclic amines) is 1. The zero-order chi connectivity index (χ0) is 24.5. The summed E-state index contributed by atoms with van der Waals surface area (Å²) in [5.74, 6) is -0.227. The maximum atomic E-state index is 14.2. The fraction of sp³-hybridized carbons (Fsp3) is 0.423. The lowest BCUT2D eigenvalue weighted by molar-refractivity contribution is -0.155. The minimum Gasteiger partial charge on any atom is -0.332 e. The second kappa shape index (κ2) is 9.96. The molecule has 180 valence electrons. The van der Waals surface area contributed by atoms with Crippen molar-refractivity contribution in [2.45, 2.75) is 64.5 Å². The molecule has 2 aromatic carbocycles. The van der Waals surface area contributed by atoms with Gasteiger partial charge in [-0.05, 0) is 54.7 Å². The zero-order valence-electron chi connectivity index (χ0n) is 19.6. The maximum Gasteiger partial charge on any atom is 0.438 e. The number of nitrogens with one attached hydrogen (secondary N) is 1. The Labute approximate surface area is 209 Å². The van der Waals surface area contributed by atoms with E-state index in [1.54, 1.807) is 0 Å². The van der Waals surface area contributed by atoms with Crippen LogP contribution in [0.25, 0.3) is 0 Å². The monoisotopic (exact) mass is 501 g/mol. The normalized spacial score (nSPS) is 23.0. The van der Waals surface area contributed by atoms with Crippen LogP contribution in [-0.4, -0.2) is 27.0 Å². The molecule has 1 aliphatic rings. The third kappa shape index (κ3) is 4.80. The van der Waals surface area contributed by atoms with E-state index in [0.29, 0.717) is 22.3 Å². The molecule has 6 nitrogen and oxygen atoms in total. The van der Waals surface area contributed by atoms with Crippen LogP contribution < -0.4 is 5.76 Å². The van der Waals surface area contributed by atoms with Gasteiger partial charge in [0.1, 0.15) is 0 Å². The summed E-state index contributed by atoms with van der Waals surface area (Å²) in [7, 11) is 0. The number of aromatic nitrogens is 2. The molecule has 2 heterocycles. The Balaban J connectivity index is 1.88. The SMILES string of the molecule is CCC(CC)N1C(=O)C(C)(Cc2noc(=O)[nH]2)CC(c2cccc(Cl)c2)C1c1ccc(Cl)cc1. The Morgan fingerprint density at radius 1 is 1.09 bits per heavy atom. The smallest absolute Gasteiger partial charge is 0.332 e. The highest BCUT2D eigenvalue weighted by atomic mass is 35.5. The Bertz CT molecular complexity index is 1200. The molecule has 0 bridgehead atoms. The number of nitrogens with zero attached hydrogens (tertiary/aromatic N) is 2. The van der Waals surface area contributed by atoms with Crippen LogP contribution in [0, 0.1) is 5.41 Å². The lowest BCUT2D eigenvalue weighted by atomic mass is 9.66. The number of aromatic amines is 1. The van der Waals surface area contributed by atoms with E-state index in [1.807, 2.05) is 49.4 Å². The van der Waals surface area contributed by atoms with E-state index >= 15 is 0 Å². The Hall–Kier alpha value is -2.57. The number of piperidine rings is 1. The number of amides is 1. The Morgan fingerprint density at radius 3 is 2.38 bits per heavy atom. The van der Waals surface area contributed by atoms with E-state index < -0.39 is 11.2 Å². The van der Waals surface area contributed by atoms with Crippen LogP contribution in [0.3, 0.4) is 0 Å². The van der Waals surface area contributed by atoms with Crippen molar-refractivity contribution >= 4 is 29.1 Å². The van der Waals surface area contributed by atoms with Gasteiger partial charge in [-0.25, -0.2) is 4.79 Å². The second-order valence-electron chi connectivity index (χ2n) is 9.32. The maximum absolute atomic E-state index is 14.2. The number of hydrogen-bond acceptors (Lipinski definition) is 4. The average Bonchev–Trinajstić information content (AvgIpc) is 3.22. The molecule has 1 N–H and O–H groups in total. The van der Waals surface area contributed by atoms with Crippen LogP contribution in [0.15, 0.2) is 57.8 Å². The van der Waals surface area contributed by atoms with Crippen LogP contribution in [0.5, 0.6) is 0 Å². The van der Waals surface area contributed by atoms with Gasteiger partial charge in [0, 0.05) is 28.4 Å². The van der Waals surface area contributed by atoms with Gasteiger partial charge in [-0.3, -0.25) is 14.3 Å².